The summed E-state index contributed by atoms with van der Waals surface area (Å²) in [6.07, 6.45) is 3.81. The van der Waals surface area contributed by atoms with Crippen molar-refractivity contribution in [1.29, 1.82) is 0 Å². The molecule has 1 aliphatic rings. The number of methoxy groups -OCH3 is 1. The SMILES string of the molecule is COCn1c(-c2cc(NC(=O)N3CCCC3)ccc2Cl)nc2cc(Br)cnc21. The number of rotatable bonds is 4. The van der Waals surface area contributed by atoms with Crippen LogP contribution in [0.1, 0.15) is 12.8 Å². The zero-order valence-electron chi connectivity index (χ0n) is 15.3. The predicted octanol–water partition coefficient (Wildman–Crippen LogP) is 4.75. The van der Waals surface area contributed by atoms with Crippen LogP contribution in [0.15, 0.2) is 34.9 Å². The number of urea groups is 1. The molecule has 0 bridgehead atoms. The Hall–Kier alpha value is -2.16. The van der Waals surface area contributed by atoms with E-state index in [1.807, 2.05) is 21.6 Å². The van der Waals surface area contributed by atoms with Gasteiger partial charge in [0.05, 0.1) is 5.02 Å². The second-order valence-electron chi connectivity index (χ2n) is 6.60. The Morgan fingerprint density at radius 2 is 2.11 bits per heavy atom. The lowest BCUT2D eigenvalue weighted by Gasteiger charge is -2.17. The summed E-state index contributed by atoms with van der Waals surface area (Å²) in [4.78, 5) is 23.4. The minimum Gasteiger partial charge on any atom is -0.364 e. The lowest BCUT2D eigenvalue weighted by Crippen LogP contribution is -2.32. The van der Waals surface area contributed by atoms with Crippen LogP contribution in [0.5, 0.6) is 0 Å². The molecule has 2 aromatic heterocycles. The fraction of sp³-hybridized carbons (Fsp3) is 0.316. The molecule has 1 fully saturated rings. The maximum absolute atomic E-state index is 12.4. The lowest BCUT2D eigenvalue weighted by molar-refractivity contribution is 0.135. The van der Waals surface area contributed by atoms with E-state index in [2.05, 4.69) is 26.2 Å². The number of halogens is 2. The second-order valence-corrected chi connectivity index (χ2v) is 7.92. The van der Waals surface area contributed by atoms with Gasteiger partial charge < -0.3 is 15.0 Å². The number of benzene rings is 1. The van der Waals surface area contributed by atoms with Crippen LogP contribution in [0.2, 0.25) is 5.02 Å². The van der Waals surface area contributed by atoms with Crippen LogP contribution in [-0.2, 0) is 11.5 Å². The molecular weight excluding hydrogens is 446 g/mol. The molecule has 9 heteroatoms. The number of aromatic nitrogens is 3. The van der Waals surface area contributed by atoms with E-state index in [9.17, 15) is 4.79 Å². The summed E-state index contributed by atoms with van der Waals surface area (Å²) >= 11 is 9.90. The third-order valence-electron chi connectivity index (χ3n) is 4.66. The number of ether oxygens (including phenoxy) is 1. The maximum Gasteiger partial charge on any atom is 0.321 e. The minimum atomic E-state index is -0.0956. The Kier molecular flexibility index (Phi) is 5.52. The third-order valence-corrected chi connectivity index (χ3v) is 5.42. The Labute approximate surface area is 175 Å². The molecule has 0 radical (unpaired) electrons. The average molecular weight is 465 g/mol. The van der Waals surface area contributed by atoms with Crippen LogP contribution in [0.3, 0.4) is 0 Å². The molecule has 0 saturated carbocycles. The van der Waals surface area contributed by atoms with Crippen molar-refractivity contribution in [3.63, 3.8) is 0 Å². The normalized spacial score (nSPS) is 14.0. The number of carbonyl (C=O) groups is 1. The summed E-state index contributed by atoms with van der Waals surface area (Å²) < 4.78 is 8.04. The number of nitrogens with zero attached hydrogens (tertiary/aromatic N) is 4. The fourth-order valence-electron chi connectivity index (χ4n) is 3.34. The smallest absolute Gasteiger partial charge is 0.321 e. The average Bonchev–Trinajstić information content (AvgIpc) is 3.32. The second kappa shape index (κ2) is 8.06. The number of hydrogen-bond donors (Lipinski definition) is 1. The Bertz CT molecular complexity index is 1030. The van der Waals surface area contributed by atoms with Crippen molar-refractivity contribution in [3.05, 3.63) is 40.0 Å². The fourth-order valence-corrected chi connectivity index (χ4v) is 3.86. The van der Waals surface area contributed by atoms with Gasteiger partial charge >= 0.3 is 6.03 Å². The molecule has 0 atom stereocenters. The van der Waals surface area contributed by atoms with Crippen LogP contribution < -0.4 is 5.32 Å². The number of carbonyl (C=O) groups excluding carboxylic acids is 1. The Morgan fingerprint density at radius 1 is 1.32 bits per heavy atom. The van der Waals surface area contributed by atoms with E-state index in [0.29, 0.717) is 27.7 Å². The highest BCUT2D eigenvalue weighted by molar-refractivity contribution is 9.10. The van der Waals surface area contributed by atoms with Gasteiger partial charge in [-0.25, -0.2) is 14.8 Å². The largest absolute Gasteiger partial charge is 0.364 e. The summed E-state index contributed by atoms with van der Waals surface area (Å²) in [7, 11) is 1.61. The molecule has 146 valence electrons. The van der Waals surface area contributed by atoms with E-state index in [-0.39, 0.29) is 12.8 Å². The molecule has 0 unspecified atom stereocenters. The van der Waals surface area contributed by atoms with Gasteiger partial charge in [-0.1, -0.05) is 11.6 Å². The van der Waals surface area contributed by atoms with Gasteiger partial charge in [0.15, 0.2) is 5.65 Å². The van der Waals surface area contributed by atoms with E-state index in [1.54, 1.807) is 25.4 Å². The number of fused-ring (bicyclic) bond motifs is 1. The van der Waals surface area contributed by atoms with Gasteiger partial charge in [-0.05, 0) is 53.0 Å². The van der Waals surface area contributed by atoms with Crippen molar-refractivity contribution in [2.45, 2.75) is 19.6 Å². The number of nitrogens with one attached hydrogen (secondary N) is 1. The van der Waals surface area contributed by atoms with Gasteiger partial charge in [0, 0.05) is 42.1 Å². The standard InChI is InChI=1S/C19H19BrClN5O2/c1-28-11-26-17(24-16-8-12(20)10-22-18(16)26)14-9-13(4-5-15(14)21)23-19(27)25-6-2-3-7-25/h4-5,8-10H,2-3,6-7,11H2,1H3,(H,23,27). The molecule has 3 aromatic rings. The Balaban J connectivity index is 1.74. The number of pyridine rings is 1. The van der Waals surface area contributed by atoms with Crippen molar-refractivity contribution < 1.29 is 9.53 Å². The highest BCUT2D eigenvalue weighted by Crippen LogP contribution is 2.33. The van der Waals surface area contributed by atoms with Crippen LogP contribution in [-0.4, -0.2) is 45.7 Å². The highest BCUT2D eigenvalue weighted by atomic mass is 79.9. The first-order chi connectivity index (χ1) is 13.6. The Morgan fingerprint density at radius 3 is 2.86 bits per heavy atom. The first kappa shape index (κ1) is 19.2. The van der Waals surface area contributed by atoms with E-state index >= 15 is 0 Å². The van der Waals surface area contributed by atoms with E-state index < -0.39 is 0 Å². The zero-order valence-corrected chi connectivity index (χ0v) is 17.6. The first-order valence-corrected chi connectivity index (χ1v) is 10.1. The van der Waals surface area contributed by atoms with E-state index in [1.165, 1.54) is 0 Å². The summed E-state index contributed by atoms with van der Waals surface area (Å²) in [5.74, 6) is 0.629. The number of anilines is 1. The monoisotopic (exact) mass is 463 g/mol. The molecule has 1 aromatic carbocycles. The molecule has 7 nitrogen and oxygen atoms in total. The van der Waals surface area contributed by atoms with Crippen molar-refractivity contribution in [2.75, 3.05) is 25.5 Å². The van der Waals surface area contributed by atoms with Crippen molar-refractivity contribution in [2.24, 2.45) is 0 Å². The van der Waals surface area contributed by atoms with Crippen molar-refractivity contribution in [1.82, 2.24) is 19.4 Å². The molecule has 28 heavy (non-hydrogen) atoms. The van der Waals surface area contributed by atoms with Crippen molar-refractivity contribution >= 4 is 50.4 Å². The number of hydrogen-bond acceptors (Lipinski definition) is 4. The van der Waals surface area contributed by atoms with Gasteiger partial charge in [-0.15, -0.1) is 0 Å². The van der Waals surface area contributed by atoms with Gasteiger partial charge in [0.2, 0.25) is 0 Å². The number of imidazole rings is 1. The number of amides is 2. The zero-order chi connectivity index (χ0) is 19.7. The summed E-state index contributed by atoms with van der Waals surface area (Å²) in [6.45, 7) is 1.86. The van der Waals surface area contributed by atoms with Crippen molar-refractivity contribution in [3.8, 4) is 11.4 Å². The molecule has 1 aliphatic heterocycles. The van der Waals surface area contributed by atoms with Gasteiger partial charge in [-0.3, -0.25) is 4.57 Å². The molecule has 0 aliphatic carbocycles. The lowest BCUT2D eigenvalue weighted by atomic mass is 10.2. The molecule has 2 amide bonds. The highest BCUT2D eigenvalue weighted by Gasteiger charge is 2.20. The first-order valence-electron chi connectivity index (χ1n) is 8.93. The number of likely N-dealkylation sites (tertiary alicyclic amines) is 1. The molecule has 0 spiro atoms. The van der Waals surface area contributed by atoms with Gasteiger partial charge in [0.1, 0.15) is 18.1 Å². The summed E-state index contributed by atoms with van der Waals surface area (Å²) in [5, 5.41) is 3.49. The minimum absolute atomic E-state index is 0.0956. The predicted molar refractivity (Wildman–Crippen MR) is 113 cm³/mol. The molecule has 1 saturated heterocycles. The van der Waals surface area contributed by atoms with Gasteiger partial charge in [-0.2, -0.15) is 0 Å². The van der Waals surface area contributed by atoms with Crippen LogP contribution in [0.4, 0.5) is 10.5 Å². The third kappa shape index (κ3) is 3.72. The van der Waals surface area contributed by atoms with Crippen LogP contribution in [0, 0.1) is 0 Å². The van der Waals surface area contributed by atoms with E-state index in [4.69, 9.17) is 21.3 Å². The van der Waals surface area contributed by atoms with Crippen LogP contribution in [0.25, 0.3) is 22.6 Å². The maximum atomic E-state index is 12.4. The summed E-state index contributed by atoms with van der Waals surface area (Å²) in [6, 6.07) is 7.18. The van der Waals surface area contributed by atoms with E-state index in [0.717, 1.165) is 35.9 Å². The molecule has 4 rings (SSSR count). The molecule has 3 heterocycles. The quantitative estimate of drug-likeness (QED) is 0.605. The topological polar surface area (TPSA) is 72.3 Å². The summed E-state index contributed by atoms with van der Waals surface area (Å²) in [5.41, 5.74) is 2.79. The van der Waals surface area contributed by atoms with Gasteiger partial charge in [0.25, 0.3) is 0 Å². The molecule has 1 N–H and O–H groups in total. The molecular formula is C19H19BrClN5O2. The van der Waals surface area contributed by atoms with Crippen LogP contribution >= 0.6 is 27.5 Å².